The smallest absolute Gasteiger partial charge is 0.220 e. The minimum atomic E-state index is 0.219. The second-order valence-corrected chi connectivity index (χ2v) is 5.77. The largest absolute Gasteiger partial charge is 0.381 e. The van der Waals surface area contributed by atoms with Crippen molar-refractivity contribution in [3.63, 3.8) is 0 Å². The second kappa shape index (κ2) is 7.10. The number of nitrogens with two attached hydrogens (primary N) is 1. The van der Waals surface area contributed by atoms with E-state index in [1.807, 2.05) is 0 Å². The number of amides is 1. The summed E-state index contributed by atoms with van der Waals surface area (Å²) >= 11 is 0. The number of carbonyl (C=O) groups excluding carboxylic acids is 1. The Morgan fingerprint density at radius 2 is 1.78 bits per heavy atom. The summed E-state index contributed by atoms with van der Waals surface area (Å²) in [6.07, 6.45) is 8.29. The fourth-order valence-electron chi connectivity index (χ4n) is 2.95. The van der Waals surface area contributed by atoms with Crippen LogP contribution in [0.2, 0.25) is 0 Å². The van der Waals surface area contributed by atoms with Crippen LogP contribution in [0.25, 0.3) is 0 Å². The first-order valence-electron chi connectivity index (χ1n) is 7.36. The highest BCUT2D eigenvalue weighted by atomic mass is 16.5. The normalized spacial score (nSPS) is 30.1. The molecule has 104 valence electrons. The van der Waals surface area contributed by atoms with E-state index in [1.165, 1.54) is 12.8 Å². The van der Waals surface area contributed by atoms with Crippen LogP contribution in [0.15, 0.2) is 0 Å². The zero-order valence-electron chi connectivity index (χ0n) is 11.2. The van der Waals surface area contributed by atoms with Gasteiger partial charge in [0.2, 0.25) is 5.91 Å². The highest BCUT2D eigenvalue weighted by molar-refractivity contribution is 5.76. The monoisotopic (exact) mass is 254 g/mol. The topological polar surface area (TPSA) is 64.4 Å². The maximum Gasteiger partial charge on any atom is 0.220 e. The second-order valence-electron chi connectivity index (χ2n) is 5.77. The predicted molar refractivity (Wildman–Crippen MR) is 71.2 cm³/mol. The summed E-state index contributed by atoms with van der Waals surface area (Å²) in [4.78, 5) is 11.8. The molecule has 3 N–H and O–H groups in total. The summed E-state index contributed by atoms with van der Waals surface area (Å²) in [6.45, 7) is 1.57. The molecule has 1 saturated carbocycles. The Kier molecular flexibility index (Phi) is 5.45. The molecule has 0 aromatic carbocycles. The molecule has 4 nitrogen and oxygen atoms in total. The average molecular weight is 254 g/mol. The Bertz CT molecular complexity index is 257. The van der Waals surface area contributed by atoms with Crippen molar-refractivity contribution in [2.75, 3.05) is 13.2 Å². The van der Waals surface area contributed by atoms with E-state index in [-0.39, 0.29) is 5.91 Å². The standard InChI is InChI=1S/C14H26N2O2/c15-12-4-1-11(2-5-12)3-6-14(17)16-13-7-9-18-10-8-13/h11-13H,1-10,15H2,(H,16,17). The van der Waals surface area contributed by atoms with Crippen LogP contribution in [0.1, 0.15) is 51.4 Å². The Labute approximate surface area is 110 Å². The van der Waals surface area contributed by atoms with Gasteiger partial charge in [0.05, 0.1) is 0 Å². The number of rotatable bonds is 4. The van der Waals surface area contributed by atoms with Gasteiger partial charge in [0.1, 0.15) is 0 Å². The quantitative estimate of drug-likeness (QED) is 0.800. The van der Waals surface area contributed by atoms with Crippen molar-refractivity contribution in [3.8, 4) is 0 Å². The van der Waals surface area contributed by atoms with Gasteiger partial charge in [-0.15, -0.1) is 0 Å². The Morgan fingerprint density at radius 3 is 2.44 bits per heavy atom. The van der Waals surface area contributed by atoms with Gasteiger partial charge in [-0.2, -0.15) is 0 Å². The first-order chi connectivity index (χ1) is 8.74. The first kappa shape index (κ1) is 13.8. The lowest BCUT2D eigenvalue weighted by Crippen LogP contribution is -2.39. The van der Waals surface area contributed by atoms with Gasteiger partial charge >= 0.3 is 0 Å². The van der Waals surface area contributed by atoms with Gasteiger partial charge < -0.3 is 15.8 Å². The van der Waals surface area contributed by atoms with E-state index in [0.29, 0.717) is 24.4 Å². The number of hydrogen-bond acceptors (Lipinski definition) is 3. The van der Waals surface area contributed by atoms with Gasteiger partial charge in [-0.05, 0) is 50.9 Å². The van der Waals surface area contributed by atoms with Gasteiger partial charge in [0.15, 0.2) is 0 Å². The minimum absolute atomic E-state index is 0.219. The van der Waals surface area contributed by atoms with Gasteiger partial charge in [-0.25, -0.2) is 0 Å². The molecule has 0 aromatic rings. The van der Waals surface area contributed by atoms with Crippen LogP contribution in [0.4, 0.5) is 0 Å². The van der Waals surface area contributed by atoms with Crippen LogP contribution < -0.4 is 11.1 Å². The van der Waals surface area contributed by atoms with Crippen molar-refractivity contribution in [2.24, 2.45) is 11.7 Å². The molecule has 18 heavy (non-hydrogen) atoms. The molecule has 0 atom stereocenters. The molecule has 2 fully saturated rings. The van der Waals surface area contributed by atoms with Crippen LogP contribution in [0.5, 0.6) is 0 Å². The molecule has 1 heterocycles. The number of carbonyl (C=O) groups is 1. The summed E-state index contributed by atoms with van der Waals surface area (Å²) in [5, 5.41) is 3.12. The molecule has 1 saturated heterocycles. The molecule has 0 spiro atoms. The third kappa shape index (κ3) is 4.58. The van der Waals surface area contributed by atoms with Crippen LogP contribution in [0, 0.1) is 5.92 Å². The van der Waals surface area contributed by atoms with Crippen LogP contribution in [0.3, 0.4) is 0 Å². The lowest BCUT2D eigenvalue weighted by molar-refractivity contribution is -0.122. The fraction of sp³-hybridized carbons (Fsp3) is 0.929. The van der Waals surface area contributed by atoms with E-state index < -0.39 is 0 Å². The minimum Gasteiger partial charge on any atom is -0.381 e. The van der Waals surface area contributed by atoms with Crippen molar-refractivity contribution >= 4 is 5.91 Å². The zero-order valence-corrected chi connectivity index (χ0v) is 11.2. The predicted octanol–water partition coefficient (Wildman–Crippen LogP) is 1.58. The molecule has 1 aliphatic carbocycles. The molecule has 1 aliphatic heterocycles. The molecule has 0 radical (unpaired) electrons. The molecule has 0 aromatic heterocycles. The summed E-state index contributed by atoms with van der Waals surface area (Å²) in [5.41, 5.74) is 5.89. The van der Waals surface area contributed by atoms with Gasteiger partial charge in [0.25, 0.3) is 0 Å². The van der Waals surface area contributed by atoms with Crippen LogP contribution >= 0.6 is 0 Å². The summed E-state index contributed by atoms with van der Waals surface area (Å²) in [7, 11) is 0. The van der Waals surface area contributed by atoms with Crippen molar-refractivity contribution in [1.29, 1.82) is 0 Å². The van der Waals surface area contributed by atoms with Crippen LogP contribution in [-0.4, -0.2) is 31.2 Å². The number of hydrogen-bond donors (Lipinski definition) is 2. The van der Waals surface area contributed by atoms with Gasteiger partial charge in [-0.1, -0.05) is 0 Å². The molecular weight excluding hydrogens is 228 g/mol. The number of nitrogens with one attached hydrogen (secondary N) is 1. The Morgan fingerprint density at radius 1 is 1.11 bits per heavy atom. The Hall–Kier alpha value is -0.610. The SMILES string of the molecule is NC1CCC(CCC(=O)NC2CCOCC2)CC1. The first-order valence-corrected chi connectivity index (χ1v) is 7.36. The van der Waals surface area contributed by atoms with Crippen molar-refractivity contribution in [2.45, 2.75) is 63.5 Å². The van der Waals surface area contributed by atoms with Gasteiger partial charge in [-0.3, -0.25) is 4.79 Å². The van der Waals surface area contributed by atoms with Crippen molar-refractivity contribution in [3.05, 3.63) is 0 Å². The third-order valence-corrected chi connectivity index (χ3v) is 4.26. The average Bonchev–Trinajstić information content (AvgIpc) is 2.39. The van der Waals surface area contributed by atoms with E-state index in [0.717, 1.165) is 45.3 Å². The van der Waals surface area contributed by atoms with Crippen molar-refractivity contribution in [1.82, 2.24) is 5.32 Å². The third-order valence-electron chi connectivity index (χ3n) is 4.26. The molecule has 2 rings (SSSR count). The number of ether oxygens (including phenoxy) is 1. The summed E-state index contributed by atoms with van der Waals surface area (Å²) in [6, 6.07) is 0.739. The maximum atomic E-state index is 11.8. The molecule has 1 amide bonds. The lowest BCUT2D eigenvalue weighted by Gasteiger charge is -2.26. The maximum absolute atomic E-state index is 11.8. The van der Waals surface area contributed by atoms with Gasteiger partial charge in [0, 0.05) is 31.7 Å². The van der Waals surface area contributed by atoms with E-state index in [4.69, 9.17) is 10.5 Å². The van der Waals surface area contributed by atoms with Crippen LogP contribution in [-0.2, 0) is 9.53 Å². The summed E-state index contributed by atoms with van der Waals surface area (Å²) < 4.78 is 5.28. The van der Waals surface area contributed by atoms with E-state index in [2.05, 4.69) is 5.32 Å². The molecule has 4 heteroatoms. The fourth-order valence-corrected chi connectivity index (χ4v) is 2.95. The molecule has 0 unspecified atom stereocenters. The van der Waals surface area contributed by atoms with Crippen molar-refractivity contribution < 1.29 is 9.53 Å². The Balaban J connectivity index is 1.59. The molecule has 2 aliphatic rings. The van der Waals surface area contributed by atoms with E-state index in [9.17, 15) is 4.79 Å². The molecule has 0 bridgehead atoms. The molecular formula is C14H26N2O2. The summed E-state index contributed by atoms with van der Waals surface area (Å²) in [5.74, 6) is 0.932. The van der Waals surface area contributed by atoms with E-state index >= 15 is 0 Å². The lowest BCUT2D eigenvalue weighted by atomic mass is 9.84. The highest BCUT2D eigenvalue weighted by Crippen LogP contribution is 2.26. The highest BCUT2D eigenvalue weighted by Gasteiger charge is 2.20. The zero-order chi connectivity index (χ0) is 12.8. The van der Waals surface area contributed by atoms with E-state index in [1.54, 1.807) is 0 Å².